The maximum absolute atomic E-state index is 13.2. The van der Waals surface area contributed by atoms with Crippen LogP contribution in [0.15, 0.2) is 68.8 Å². The second kappa shape index (κ2) is 18.1. The summed E-state index contributed by atoms with van der Waals surface area (Å²) in [6, 6.07) is 9.95. The van der Waals surface area contributed by atoms with Crippen molar-refractivity contribution in [2.45, 2.75) is 36.0 Å². The van der Waals surface area contributed by atoms with Crippen molar-refractivity contribution < 1.29 is 43.2 Å². The highest BCUT2D eigenvalue weighted by Gasteiger charge is 2.36. The van der Waals surface area contributed by atoms with E-state index in [2.05, 4.69) is 50.0 Å². The van der Waals surface area contributed by atoms with E-state index in [1.165, 1.54) is 78.7 Å². The van der Waals surface area contributed by atoms with Crippen LogP contribution in [0.25, 0.3) is 50.9 Å². The first-order valence-electron chi connectivity index (χ1n) is 18.2. The number of imidazole rings is 2. The fourth-order valence-electron chi connectivity index (χ4n) is 6.02. The molecule has 28 heteroatoms. The van der Waals surface area contributed by atoms with Crippen LogP contribution in [0.4, 0.5) is 26.3 Å². The molecule has 19 nitrogen and oxygen atoms in total. The highest BCUT2D eigenvalue weighted by Crippen LogP contribution is 2.36. The summed E-state index contributed by atoms with van der Waals surface area (Å²) in [4.78, 5) is 34.3. The molecule has 0 radical (unpaired) electrons. The molecule has 1 aliphatic rings. The molecule has 7 aromatic rings. The van der Waals surface area contributed by atoms with Crippen molar-refractivity contribution in [1.29, 1.82) is 10.5 Å². The van der Waals surface area contributed by atoms with Gasteiger partial charge in [0.1, 0.15) is 70.1 Å². The van der Waals surface area contributed by atoms with E-state index in [0.29, 0.717) is 12.1 Å². The van der Waals surface area contributed by atoms with Gasteiger partial charge in [0.25, 0.3) is 0 Å². The predicted molar refractivity (Wildman–Crippen MR) is 220 cm³/mol. The zero-order valence-electron chi connectivity index (χ0n) is 33.7. The van der Waals surface area contributed by atoms with Crippen molar-refractivity contribution in [2.24, 2.45) is 24.1 Å². The summed E-state index contributed by atoms with van der Waals surface area (Å²) < 4.78 is 133. The van der Waals surface area contributed by atoms with Crippen LogP contribution in [0, 0.1) is 22.7 Å². The molecule has 0 aliphatic carbocycles. The standard InChI is InChI=1S/C18H13F3N8O2S.C16H11ClF3N5O2S.C3H4N2/c1-3-32(30,31)12-4-5-14(29-9-23-8-24-29)27-15(12)17-26-10-6-13(18(19,20)21)25-11(7-22)16(10)28(17)2;1-3-28(26,27)10-4-5-12(17)24-13(10)15-23-8-6-11(16(18,19)20)22-9(7-21)14(8)25(15)2;1-2-5-3-4-1/h4-6,8-9H,3H2,1-2H3;4-6H,3H2,1-2H3;1,3H,2H2. The van der Waals surface area contributed by atoms with Gasteiger partial charge in [-0.2, -0.15) is 42.0 Å². The molecular weight excluding hydrogens is 932 g/mol. The van der Waals surface area contributed by atoms with E-state index in [1.54, 1.807) is 24.7 Å². The van der Waals surface area contributed by atoms with E-state index < -0.39 is 54.8 Å². The van der Waals surface area contributed by atoms with Crippen molar-refractivity contribution >= 4 is 65.9 Å². The Kier molecular flexibility index (Phi) is 13.2. The van der Waals surface area contributed by atoms with Crippen LogP contribution in [-0.4, -0.2) is 101 Å². The molecule has 0 aromatic carbocycles. The number of alkyl halides is 6. The molecule has 8 rings (SSSR count). The summed E-state index contributed by atoms with van der Waals surface area (Å²) >= 11 is 5.90. The molecule has 0 spiro atoms. The number of nitriles is 2. The molecule has 0 bridgehead atoms. The number of hydrogen-bond donors (Lipinski definition) is 0. The van der Waals surface area contributed by atoms with Crippen LogP contribution < -0.4 is 0 Å². The molecule has 0 atom stereocenters. The first-order valence-corrected chi connectivity index (χ1v) is 21.9. The predicted octanol–water partition coefficient (Wildman–Crippen LogP) is 5.76. The van der Waals surface area contributed by atoms with E-state index in [4.69, 9.17) is 11.6 Å². The molecule has 0 unspecified atom stereocenters. The number of sulfone groups is 2. The van der Waals surface area contributed by atoms with Crippen molar-refractivity contribution in [3.8, 4) is 41.0 Å². The third-order valence-corrected chi connectivity index (χ3v) is 12.8. The van der Waals surface area contributed by atoms with Gasteiger partial charge in [-0.25, -0.2) is 61.4 Å². The maximum Gasteiger partial charge on any atom is 0.433 e. The average Bonchev–Trinajstić information content (AvgIpc) is 4.12. The van der Waals surface area contributed by atoms with Gasteiger partial charge in [-0.05, 0) is 36.4 Å². The molecule has 1 aliphatic heterocycles. The molecule has 336 valence electrons. The van der Waals surface area contributed by atoms with E-state index in [-0.39, 0.29) is 77.4 Å². The number of aryl methyl sites for hydroxylation is 2. The van der Waals surface area contributed by atoms with Crippen molar-refractivity contribution in [3.05, 3.63) is 77.0 Å². The third-order valence-electron chi connectivity index (χ3n) is 9.11. The SMILES string of the molecule is C1=NC=NC1.CCS(=O)(=O)c1ccc(-n2cncn2)nc1-c1nc2cc(C(F)(F)F)nc(C#N)c2n1C.CCS(=O)(=O)c1ccc(Cl)nc1-c1nc2cc(C(F)(F)F)nc(C#N)c2n1C. The Morgan fingerprint density at radius 2 is 1.22 bits per heavy atom. The molecular formula is C37H28ClF6N15O4S2. The van der Waals surface area contributed by atoms with Crippen molar-refractivity contribution in [2.75, 3.05) is 18.1 Å². The Morgan fingerprint density at radius 1 is 0.723 bits per heavy atom. The van der Waals surface area contributed by atoms with Crippen LogP contribution in [0.3, 0.4) is 0 Å². The molecule has 0 saturated carbocycles. The lowest BCUT2D eigenvalue weighted by molar-refractivity contribution is -0.141. The van der Waals surface area contributed by atoms with Crippen LogP contribution in [0.1, 0.15) is 36.6 Å². The topological polar surface area (TPSA) is 258 Å². The van der Waals surface area contributed by atoms with Gasteiger partial charge in [-0.3, -0.25) is 4.99 Å². The Hall–Kier alpha value is -7.23. The van der Waals surface area contributed by atoms with Gasteiger partial charge >= 0.3 is 12.4 Å². The zero-order valence-corrected chi connectivity index (χ0v) is 36.1. The summed E-state index contributed by atoms with van der Waals surface area (Å²) in [5.74, 6) is -0.350. The number of pyridine rings is 4. The highest BCUT2D eigenvalue weighted by molar-refractivity contribution is 7.91. The second-order valence-corrected chi connectivity index (χ2v) is 18.0. The molecule has 0 saturated heterocycles. The second-order valence-electron chi connectivity index (χ2n) is 13.1. The van der Waals surface area contributed by atoms with E-state index in [0.717, 1.165) is 6.54 Å². The normalized spacial score (nSPS) is 12.7. The van der Waals surface area contributed by atoms with Gasteiger partial charge in [0, 0.05) is 20.3 Å². The first-order chi connectivity index (χ1) is 30.6. The van der Waals surface area contributed by atoms with E-state index >= 15 is 0 Å². The third kappa shape index (κ3) is 9.66. The van der Waals surface area contributed by atoms with Gasteiger partial charge in [0.05, 0.1) is 38.9 Å². The van der Waals surface area contributed by atoms with Crippen LogP contribution in [-0.2, 0) is 46.1 Å². The van der Waals surface area contributed by atoms with E-state index in [1.807, 2.05) is 0 Å². The molecule has 65 heavy (non-hydrogen) atoms. The lowest BCUT2D eigenvalue weighted by Gasteiger charge is -2.11. The summed E-state index contributed by atoms with van der Waals surface area (Å²) in [6.45, 7) is 3.67. The minimum Gasteiger partial charge on any atom is -0.323 e. The van der Waals surface area contributed by atoms with Crippen LogP contribution >= 0.6 is 11.6 Å². The summed E-state index contributed by atoms with van der Waals surface area (Å²) in [5, 5.41) is 22.5. The minimum absolute atomic E-state index is 0.0169. The lowest BCUT2D eigenvalue weighted by atomic mass is 10.2. The van der Waals surface area contributed by atoms with Gasteiger partial charge in [-0.1, -0.05) is 25.4 Å². The maximum atomic E-state index is 13.2. The highest BCUT2D eigenvalue weighted by atomic mass is 35.5. The molecule has 7 aromatic heterocycles. The largest absolute Gasteiger partial charge is 0.433 e. The first kappa shape index (κ1) is 47.3. The molecule has 0 amide bonds. The fraction of sp³-hybridized carbons (Fsp3) is 0.243. The van der Waals surface area contributed by atoms with Gasteiger partial charge < -0.3 is 9.13 Å². The molecule has 8 heterocycles. The van der Waals surface area contributed by atoms with Crippen LogP contribution in [0.2, 0.25) is 5.15 Å². The smallest absolute Gasteiger partial charge is 0.323 e. The summed E-state index contributed by atoms with van der Waals surface area (Å²) in [6.07, 6.45) is -3.64. The van der Waals surface area contributed by atoms with E-state index in [9.17, 15) is 53.7 Å². The number of aromatic nitrogens is 11. The van der Waals surface area contributed by atoms with Crippen molar-refractivity contribution in [1.82, 2.24) is 53.8 Å². The number of rotatable bonds is 7. The summed E-state index contributed by atoms with van der Waals surface area (Å²) in [7, 11) is -4.66. The Bertz CT molecular complexity index is 3350. The number of hydrogen-bond acceptors (Lipinski definition) is 16. The molecule has 0 fully saturated rings. The van der Waals surface area contributed by atoms with Crippen LogP contribution in [0.5, 0.6) is 0 Å². The number of fused-ring (bicyclic) bond motifs is 2. The monoisotopic (exact) mass is 959 g/mol. The number of nitrogens with zero attached hydrogens (tertiary/aromatic N) is 15. The Labute approximate surface area is 368 Å². The zero-order chi connectivity index (χ0) is 47.6. The Morgan fingerprint density at radius 3 is 1.60 bits per heavy atom. The quantitative estimate of drug-likeness (QED) is 0.136. The number of halogens is 7. The lowest BCUT2D eigenvalue weighted by Crippen LogP contribution is -2.11. The van der Waals surface area contributed by atoms with Crippen molar-refractivity contribution in [3.63, 3.8) is 0 Å². The minimum atomic E-state index is -4.79. The van der Waals surface area contributed by atoms with Gasteiger partial charge in [0.15, 0.2) is 48.5 Å². The average molecular weight is 960 g/mol. The van der Waals surface area contributed by atoms with Gasteiger partial charge in [-0.15, -0.1) is 0 Å². The fourth-order valence-corrected chi connectivity index (χ4v) is 8.21. The number of aliphatic imine (C=N–C) groups is 2. The summed E-state index contributed by atoms with van der Waals surface area (Å²) in [5.41, 5.74) is -4.07. The molecule has 0 N–H and O–H groups in total. The van der Waals surface area contributed by atoms with Gasteiger partial charge in [0.2, 0.25) is 0 Å². The Balaban J connectivity index is 0.000000195.